The van der Waals surface area contributed by atoms with Crippen molar-refractivity contribution in [2.45, 2.75) is 18.9 Å². The maximum atomic E-state index is 14.0. The van der Waals surface area contributed by atoms with Crippen molar-refractivity contribution < 1.29 is 18.3 Å². The van der Waals surface area contributed by atoms with Crippen LogP contribution in [0, 0.1) is 17.6 Å². The first-order valence-electron chi connectivity index (χ1n) is 8.19. The first-order chi connectivity index (χ1) is 12.1. The number of piperidine rings is 3. The Morgan fingerprint density at radius 3 is 2.77 bits per heavy atom. The Hall–Kier alpha value is -1.77. The fourth-order valence-corrected chi connectivity index (χ4v) is 4.27. The smallest absolute Gasteiger partial charge is 0.413 e. The molecule has 1 amide bonds. The maximum Gasteiger partial charge on any atom is 0.413 e. The third-order valence-electron chi connectivity index (χ3n) is 4.82. The van der Waals surface area contributed by atoms with Crippen LogP contribution in [0.2, 0.25) is 0 Å². The second-order valence-electron chi connectivity index (χ2n) is 6.36. The quantitative estimate of drug-likeness (QED) is 0.839. The number of amides is 1. The molecular weight excluding hydrogens is 384 g/mol. The van der Waals surface area contributed by atoms with E-state index in [1.165, 1.54) is 5.51 Å². The van der Waals surface area contributed by atoms with Crippen molar-refractivity contribution in [3.63, 3.8) is 0 Å². The van der Waals surface area contributed by atoms with Crippen LogP contribution in [0.25, 0.3) is 10.4 Å². The van der Waals surface area contributed by atoms with Crippen LogP contribution in [0.5, 0.6) is 0 Å². The molecule has 3 fully saturated rings. The van der Waals surface area contributed by atoms with E-state index in [1.54, 1.807) is 0 Å². The summed E-state index contributed by atoms with van der Waals surface area (Å²) >= 11 is 1.13. The van der Waals surface area contributed by atoms with Crippen molar-refractivity contribution in [3.8, 4) is 10.4 Å². The van der Waals surface area contributed by atoms with Gasteiger partial charge in [-0.25, -0.2) is 18.6 Å². The zero-order chi connectivity index (χ0) is 17.4. The Kier molecular flexibility index (Phi) is 5.74. The topological polar surface area (TPSA) is 54.5 Å². The number of benzene rings is 1. The summed E-state index contributed by atoms with van der Waals surface area (Å²) in [5, 5.41) is 2.57. The maximum absolute atomic E-state index is 14.0. The van der Waals surface area contributed by atoms with Crippen LogP contribution in [0.4, 0.5) is 19.4 Å². The summed E-state index contributed by atoms with van der Waals surface area (Å²) in [6.45, 7) is 2.86. The molecule has 3 aliphatic rings. The highest BCUT2D eigenvalue weighted by atomic mass is 35.5. The minimum atomic E-state index is -0.609. The predicted octanol–water partition coefficient (Wildman–Crippen LogP) is 4.15. The minimum absolute atomic E-state index is 0. The van der Waals surface area contributed by atoms with Crippen molar-refractivity contribution in [2.75, 3.05) is 25.0 Å². The lowest BCUT2D eigenvalue weighted by molar-refractivity contribution is -0.0290. The number of carbonyl (C=O) groups excluding carboxylic acids is 1. The van der Waals surface area contributed by atoms with Crippen molar-refractivity contribution in [1.82, 2.24) is 9.88 Å². The zero-order valence-electron chi connectivity index (χ0n) is 13.8. The van der Waals surface area contributed by atoms with Crippen LogP contribution >= 0.6 is 23.7 Å². The number of carbonyl (C=O) groups is 1. The molecule has 26 heavy (non-hydrogen) atoms. The number of aromatic nitrogens is 1. The standard InChI is InChI=1S/C17H17F2N3O2S.ClH/c18-11-1-2-13(19)12(7-11)15-16(20-9-25-15)21-17(23)24-14-8-22-5-3-10(14)4-6-22;/h1-2,7,9-10,14H,3-6,8H2,(H,21,23);1H/t14-;/m0./s1. The molecule has 0 saturated carbocycles. The average molecular weight is 402 g/mol. The van der Waals surface area contributed by atoms with Crippen molar-refractivity contribution in [1.29, 1.82) is 0 Å². The molecule has 3 saturated heterocycles. The van der Waals surface area contributed by atoms with E-state index < -0.39 is 17.7 Å². The lowest BCUT2D eigenvalue weighted by Gasteiger charge is -2.43. The molecule has 1 atom stereocenters. The van der Waals surface area contributed by atoms with Gasteiger partial charge in [0, 0.05) is 12.1 Å². The lowest BCUT2D eigenvalue weighted by Crippen LogP contribution is -2.52. The van der Waals surface area contributed by atoms with Gasteiger partial charge in [-0.05, 0) is 50.0 Å². The van der Waals surface area contributed by atoms with E-state index in [-0.39, 0.29) is 29.9 Å². The van der Waals surface area contributed by atoms with E-state index in [4.69, 9.17) is 4.74 Å². The molecule has 5 rings (SSSR count). The van der Waals surface area contributed by atoms with Crippen LogP contribution in [-0.4, -0.2) is 41.7 Å². The second-order valence-corrected chi connectivity index (χ2v) is 7.22. The number of hydrogen-bond donors (Lipinski definition) is 1. The average Bonchev–Trinajstić information content (AvgIpc) is 3.06. The number of rotatable bonds is 3. The first-order valence-corrected chi connectivity index (χ1v) is 9.07. The van der Waals surface area contributed by atoms with Gasteiger partial charge in [-0.15, -0.1) is 23.7 Å². The summed E-state index contributed by atoms with van der Waals surface area (Å²) in [5.74, 6) is -0.544. The zero-order valence-corrected chi connectivity index (χ0v) is 15.4. The molecule has 2 aromatic rings. The van der Waals surface area contributed by atoms with Gasteiger partial charge in [0.15, 0.2) is 5.82 Å². The molecule has 5 nitrogen and oxygen atoms in total. The highest BCUT2D eigenvalue weighted by molar-refractivity contribution is 7.13. The molecule has 0 unspecified atom stereocenters. The summed E-state index contributed by atoms with van der Waals surface area (Å²) in [6.07, 6.45) is 1.33. The van der Waals surface area contributed by atoms with Crippen LogP contribution in [0.1, 0.15) is 12.8 Å². The van der Waals surface area contributed by atoms with E-state index >= 15 is 0 Å². The fourth-order valence-electron chi connectivity index (χ4n) is 3.51. The number of anilines is 1. The van der Waals surface area contributed by atoms with Gasteiger partial charge in [0.25, 0.3) is 0 Å². The third-order valence-corrected chi connectivity index (χ3v) is 5.68. The summed E-state index contributed by atoms with van der Waals surface area (Å²) < 4.78 is 33.0. The largest absolute Gasteiger partial charge is 0.444 e. The number of halogens is 3. The van der Waals surface area contributed by atoms with E-state index in [0.717, 1.165) is 62.0 Å². The van der Waals surface area contributed by atoms with Crippen LogP contribution < -0.4 is 5.32 Å². The predicted molar refractivity (Wildman–Crippen MR) is 97.8 cm³/mol. The fraction of sp³-hybridized carbons (Fsp3) is 0.412. The Morgan fingerprint density at radius 1 is 1.31 bits per heavy atom. The van der Waals surface area contributed by atoms with Crippen LogP contribution in [0.15, 0.2) is 23.7 Å². The molecule has 1 aromatic heterocycles. The van der Waals surface area contributed by atoms with Gasteiger partial charge in [-0.2, -0.15) is 0 Å². The molecule has 3 aliphatic heterocycles. The summed E-state index contributed by atoms with van der Waals surface area (Å²) in [7, 11) is 0. The number of thiazole rings is 1. The summed E-state index contributed by atoms with van der Waals surface area (Å²) in [4.78, 5) is 18.9. The molecule has 1 N–H and O–H groups in total. The first kappa shape index (κ1) is 19.0. The van der Waals surface area contributed by atoms with Crippen LogP contribution in [-0.2, 0) is 4.74 Å². The molecule has 4 heterocycles. The molecular formula is C17H18ClF2N3O2S. The number of ether oxygens (including phenoxy) is 1. The monoisotopic (exact) mass is 401 g/mol. The number of nitrogens with one attached hydrogen (secondary N) is 1. The number of hydrogen-bond acceptors (Lipinski definition) is 5. The third kappa shape index (κ3) is 3.82. The Balaban J connectivity index is 0.00000196. The number of nitrogens with zero attached hydrogens (tertiary/aromatic N) is 2. The molecule has 9 heteroatoms. The Labute approximate surface area is 159 Å². The summed E-state index contributed by atoms with van der Waals surface area (Å²) in [5.41, 5.74) is 1.55. The van der Waals surface area contributed by atoms with Gasteiger partial charge < -0.3 is 4.74 Å². The van der Waals surface area contributed by atoms with Gasteiger partial charge in [-0.3, -0.25) is 10.2 Å². The van der Waals surface area contributed by atoms with E-state index in [0.29, 0.717) is 10.8 Å². The molecule has 1 aromatic carbocycles. The normalized spacial score (nSPS) is 24.0. The van der Waals surface area contributed by atoms with Crippen LogP contribution in [0.3, 0.4) is 0 Å². The highest BCUT2D eigenvalue weighted by Gasteiger charge is 2.36. The van der Waals surface area contributed by atoms with Crippen molar-refractivity contribution in [3.05, 3.63) is 35.3 Å². The molecule has 0 radical (unpaired) electrons. The van der Waals surface area contributed by atoms with Gasteiger partial charge in [0.2, 0.25) is 0 Å². The molecule has 140 valence electrons. The van der Waals surface area contributed by atoms with Gasteiger partial charge >= 0.3 is 6.09 Å². The Morgan fingerprint density at radius 2 is 2.08 bits per heavy atom. The molecule has 2 bridgehead atoms. The molecule has 0 spiro atoms. The SMILES string of the molecule is Cl.O=C(Nc1ncsc1-c1cc(F)ccc1F)O[C@H]1CN2CCC1CC2. The van der Waals surface area contributed by atoms with Crippen molar-refractivity contribution in [2.24, 2.45) is 5.92 Å². The van der Waals surface area contributed by atoms with Crippen molar-refractivity contribution >= 4 is 35.7 Å². The van der Waals surface area contributed by atoms with Gasteiger partial charge in [0.05, 0.1) is 10.4 Å². The number of fused-ring (bicyclic) bond motifs is 3. The minimum Gasteiger partial charge on any atom is -0.444 e. The Bertz CT molecular complexity index is 796. The van der Waals surface area contributed by atoms with E-state index in [2.05, 4.69) is 15.2 Å². The summed E-state index contributed by atoms with van der Waals surface area (Å²) in [6, 6.07) is 3.20. The highest BCUT2D eigenvalue weighted by Crippen LogP contribution is 2.34. The lowest BCUT2D eigenvalue weighted by atomic mass is 9.86. The van der Waals surface area contributed by atoms with E-state index in [1.807, 2.05) is 0 Å². The molecule has 0 aliphatic carbocycles. The van der Waals surface area contributed by atoms with Gasteiger partial charge in [-0.1, -0.05) is 0 Å². The van der Waals surface area contributed by atoms with Gasteiger partial charge in [0.1, 0.15) is 17.7 Å². The van der Waals surface area contributed by atoms with E-state index in [9.17, 15) is 13.6 Å². The second kappa shape index (κ2) is 7.85.